The molecule has 0 heterocycles. The second kappa shape index (κ2) is 43.9. The summed E-state index contributed by atoms with van der Waals surface area (Å²) >= 11 is 0. The minimum Gasteiger partial charge on any atom is -0.481 e. The van der Waals surface area contributed by atoms with E-state index in [9.17, 15) is 14.5 Å². The van der Waals surface area contributed by atoms with Gasteiger partial charge in [0.15, 0.2) is 0 Å². The molecule has 0 aliphatic rings. The van der Waals surface area contributed by atoms with Crippen LogP contribution in [0, 0.1) is 11.8 Å². The Morgan fingerprint density at radius 3 is 1.23 bits per heavy atom. The predicted octanol–water partition coefficient (Wildman–Crippen LogP) is 13.4. The number of nitrogens with zero attached hydrogens (tertiary/aromatic N) is 1. The monoisotopic (exact) mass is 779 g/mol. The zero-order valence-electron chi connectivity index (χ0n) is 36.9. The van der Waals surface area contributed by atoms with Gasteiger partial charge in [-0.2, -0.15) is 0 Å². The number of unbranched alkanes of at least 4 members (excludes halogenated alkanes) is 22. The van der Waals surface area contributed by atoms with Crippen LogP contribution in [0.1, 0.15) is 215 Å². The van der Waals surface area contributed by atoms with Crippen molar-refractivity contribution in [3.05, 3.63) is 0 Å². The minimum atomic E-state index is -1.85. The van der Waals surface area contributed by atoms with Crippen LogP contribution in [-0.2, 0) is 23.4 Å². The summed E-state index contributed by atoms with van der Waals surface area (Å²) < 4.78 is 16.6. The molecule has 0 aliphatic heterocycles. The summed E-state index contributed by atoms with van der Waals surface area (Å²) in [5.41, 5.74) is 0. The molecule has 0 amide bonds. The van der Waals surface area contributed by atoms with E-state index >= 15 is 0 Å². The SMILES string of the molecule is CC.CCCCCCCCCCCCCCC(C)C(=O)O.CCCCCCCCCCCCCCC(C)C(=O)OCCCOP(O)OCC[N+](C)(C)C. The molecule has 3 atom stereocenters. The number of carbonyl (C=O) groups is 2. The second-order valence-electron chi connectivity index (χ2n) is 15.9. The number of quaternary nitrogens is 1. The number of likely N-dealkylation sites (N-methyl/N-ethyl adjacent to an activating group) is 1. The molecular formula is C44H93NO7P+. The largest absolute Gasteiger partial charge is 0.481 e. The Balaban J connectivity index is -0.00000101. The fourth-order valence-electron chi connectivity index (χ4n) is 5.77. The van der Waals surface area contributed by atoms with E-state index < -0.39 is 14.6 Å². The summed E-state index contributed by atoms with van der Waals surface area (Å²) in [6, 6.07) is 0. The lowest BCUT2D eigenvalue weighted by Crippen LogP contribution is -2.37. The second-order valence-corrected chi connectivity index (χ2v) is 16.9. The molecule has 0 saturated heterocycles. The van der Waals surface area contributed by atoms with Crippen molar-refractivity contribution in [1.82, 2.24) is 0 Å². The van der Waals surface area contributed by atoms with E-state index in [1.54, 1.807) is 6.92 Å². The number of hydrogen-bond acceptors (Lipinski definition) is 6. The summed E-state index contributed by atoms with van der Waals surface area (Å²) in [5.74, 6) is -0.988. The number of carboxylic acids is 1. The van der Waals surface area contributed by atoms with Crippen molar-refractivity contribution in [3.8, 4) is 0 Å². The number of hydrogen-bond donors (Lipinski definition) is 2. The van der Waals surface area contributed by atoms with Crippen molar-refractivity contribution in [3.63, 3.8) is 0 Å². The van der Waals surface area contributed by atoms with E-state index in [-0.39, 0.29) is 17.8 Å². The summed E-state index contributed by atoms with van der Waals surface area (Å²) in [6.45, 7) is 14.2. The molecule has 0 spiro atoms. The van der Waals surface area contributed by atoms with Crippen LogP contribution in [0.4, 0.5) is 0 Å². The number of rotatable bonds is 37. The van der Waals surface area contributed by atoms with Gasteiger partial charge in [0, 0.05) is 6.42 Å². The fourth-order valence-corrected chi connectivity index (χ4v) is 6.37. The molecule has 0 bridgehead atoms. The Hall–Kier alpha value is -0.790. The van der Waals surface area contributed by atoms with Crippen LogP contribution in [-0.4, -0.2) is 73.9 Å². The first-order chi connectivity index (χ1) is 25.4. The van der Waals surface area contributed by atoms with Gasteiger partial charge < -0.3 is 28.3 Å². The molecule has 0 aromatic rings. The third-order valence-electron chi connectivity index (χ3n) is 9.50. The number of carboxylic acid groups (broad SMARTS) is 1. The summed E-state index contributed by atoms with van der Waals surface area (Å²) in [7, 11) is 4.35. The highest BCUT2D eigenvalue weighted by Crippen LogP contribution is 2.32. The predicted molar refractivity (Wildman–Crippen MR) is 228 cm³/mol. The molecule has 9 heteroatoms. The quantitative estimate of drug-likeness (QED) is 0.0280. The Morgan fingerprint density at radius 1 is 0.528 bits per heavy atom. The highest BCUT2D eigenvalue weighted by Gasteiger charge is 2.15. The summed E-state index contributed by atoms with van der Waals surface area (Å²) in [6.07, 6.45) is 34.2. The molecule has 0 fully saturated rings. The number of ether oxygens (including phenoxy) is 1. The fraction of sp³-hybridized carbons (Fsp3) is 0.955. The van der Waals surface area contributed by atoms with E-state index in [1.165, 1.54) is 141 Å². The van der Waals surface area contributed by atoms with Gasteiger partial charge in [0.25, 0.3) is 0 Å². The molecule has 0 rings (SSSR count). The zero-order chi connectivity index (χ0) is 40.4. The molecule has 53 heavy (non-hydrogen) atoms. The van der Waals surface area contributed by atoms with Crippen LogP contribution in [0.3, 0.4) is 0 Å². The molecule has 0 aliphatic carbocycles. The molecular weight excluding hydrogens is 685 g/mol. The van der Waals surface area contributed by atoms with E-state index in [0.29, 0.717) is 26.2 Å². The molecule has 3 unspecified atom stereocenters. The Labute approximate surface area is 331 Å². The van der Waals surface area contributed by atoms with E-state index in [0.717, 1.165) is 36.7 Å². The van der Waals surface area contributed by atoms with Gasteiger partial charge in [0.05, 0.1) is 46.2 Å². The lowest BCUT2D eigenvalue weighted by atomic mass is 10.0. The maximum Gasteiger partial charge on any atom is 0.330 e. The average molecular weight is 779 g/mol. The van der Waals surface area contributed by atoms with Gasteiger partial charge >= 0.3 is 20.5 Å². The van der Waals surface area contributed by atoms with Crippen LogP contribution in [0.25, 0.3) is 0 Å². The van der Waals surface area contributed by atoms with Crippen molar-refractivity contribution in [1.29, 1.82) is 0 Å². The molecule has 320 valence electrons. The Bertz CT molecular complexity index is 750. The van der Waals surface area contributed by atoms with E-state index in [2.05, 4.69) is 35.0 Å². The van der Waals surface area contributed by atoms with Crippen LogP contribution in [0.5, 0.6) is 0 Å². The first-order valence-corrected chi connectivity index (χ1v) is 23.5. The maximum absolute atomic E-state index is 12.1. The lowest BCUT2D eigenvalue weighted by molar-refractivity contribution is -0.870. The van der Waals surface area contributed by atoms with Crippen molar-refractivity contribution in [2.24, 2.45) is 11.8 Å². The molecule has 0 aromatic heterocycles. The van der Waals surface area contributed by atoms with Gasteiger partial charge in [-0.05, 0) is 12.8 Å². The summed E-state index contributed by atoms with van der Waals surface area (Å²) in [5, 5.41) is 8.76. The normalized spacial score (nSPS) is 12.9. The van der Waals surface area contributed by atoms with Crippen molar-refractivity contribution in [2.75, 3.05) is 47.5 Å². The van der Waals surface area contributed by atoms with Crippen molar-refractivity contribution < 1.29 is 37.9 Å². The van der Waals surface area contributed by atoms with Gasteiger partial charge in [-0.1, -0.05) is 196 Å². The van der Waals surface area contributed by atoms with Gasteiger partial charge in [-0.15, -0.1) is 0 Å². The van der Waals surface area contributed by atoms with Crippen LogP contribution in [0.2, 0.25) is 0 Å². The standard InChI is InChI=1S/C25H53NO5P.C17H34O2.C2H6/c1-6-7-8-9-10-11-12-13-14-15-16-17-19-24(2)25(27)29-21-18-22-30-32(28)31-23-20-26(3,4)5;1-3-4-5-6-7-8-9-10-11-12-13-14-15-16(2)17(18)19;1-2/h24,28H,6-23H2,1-5H3;16H,3-15H2,1-2H3,(H,18,19);1-2H3/q+1;;. The first kappa shape index (κ1) is 56.5. The summed E-state index contributed by atoms with van der Waals surface area (Å²) in [4.78, 5) is 32.4. The highest BCUT2D eigenvalue weighted by atomic mass is 31.2. The van der Waals surface area contributed by atoms with E-state index in [4.69, 9.17) is 18.9 Å². The minimum absolute atomic E-state index is 0.0483. The van der Waals surface area contributed by atoms with Gasteiger partial charge in [-0.25, -0.2) is 0 Å². The van der Waals surface area contributed by atoms with Crippen molar-refractivity contribution in [2.45, 2.75) is 215 Å². The molecule has 2 N–H and O–H groups in total. The molecule has 0 saturated carbocycles. The first-order valence-electron chi connectivity index (χ1n) is 22.4. The third-order valence-corrected chi connectivity index (χ3v) is 10.3. The molecule has 0 aromatic carbocycles. The number of esters is 1. The highest BCUT2D eigenvalue weighted by molar-refractivity contribution is 7.40. The molecule has 0 radical (unpaired) electrons. The van der Waals surface area contributed by atoms with Gasteiger partial charge in [0.1, 0.15) is 13.2 Å². The van der Waals surface area contributed by atoms with Gasteiger partial charge in [0.2, 0.25) is 0 Å². The Kier molecular flexibility index (Phi) is 46.9. The lowest BCUT2D eigenvalue weighted by Gasteiger charge is -2.23. The van der Waals surface area contributed by atoms with Crippen molar-refractivity contribution >= 4 is 20.5 Å². The average Bonchev–Trinajstić information content (AvgIpc) is 3.12. The van der Waals surface area contributed by atoms with E-state index in [1.807, 2.05) is 20.8 Å². The smallest absolute Gasteiger partial charge is 0.330 e. The number of aliphatic carboxylic acids is 1. The van der Waals surface area contributed by atoms with Gasteiger partial charge in [-0.3, -0.25) is 9.59 Å². The third kappa shape index (κ3) is 49.2. The molecule has 8 nitrogen and oxygen atoms in total. The zero-order valence-corrected chi connectivity index (χ0v) is 37.8. The number of carbonyl (C=O) groups excluding carboxylic acids is 1. The van der Waals surface area contributed by atoms with Crippen LogP contribution >= 0.6 is 8.60 Å². The van der Waals surface area contributed by atoms with Crippen LogP contribution < -0.4 is 0 Å². The van der Waals surface area contributed by atoms with Crippen LogP contribution in [0.15, 0.2) is 0 Å². The topological polar surface area (TPSA) is 102 Å². The Morgan fingerprint density at radius 2 is 0.868 bits per heavy atom. The maximum atomic E-state index is 12.1.